The van der Waals surface area contributed by atoms with Crippen molar-refractivity contribution in [2.24, 2.45) is 0 Å². The molecule has 0 radical (unpaired) electrons. The van der Waals surface area contributed by atoms with Crippen molar-refractivity contribution in [3.63, 3.8) is 0 Å². The molecule has 0 saturated carbocycles. The van der Waals surface area contributed by atoms with Crippen LogP contribution in [-0.4, -0.2) is 70.9 Å². The van der Waals surface area contributed by atoms with Crippen LogP contribution in [0, 0.1) is 0 Å². The minimum atomic E-state index is -1.39. The molecule has 144 valence electrons. The van der Waals surface area contributed by atoms with Gasteiger partial charge < -0.3 is 29.9 Å². The van der Waals surface area contributed by atoms with E-state index in [1.165, 1.54) is 13.8 Å². The van der Waals surface area contributed by atoms with Crippen LogP contribution in [0.5, 0.6) is 0 Å². The summed E-state index contributed by atoms with van der Waals surface area (Å²) in [6.07, 6.45) is 5.77. The summed E-state index contributed by atoms with van der Waals surface area (Å²) in [5, 5.41) is 32.7. The van der Waals surface area contributed by atoms with Gasteiger partial charge in [0, 0.05) is 6.42 Å². The van der Waals surface area contributed by atoms with E-state index < -0.39 is 28.5 Å². The lowest BCUT2D eigenvalue weighted by atomic mass is 10.1. The predicted octanol–water partition coefficient (Wildman–Crippen LogP) is -0.730. The molecule has 3 atom stereocenters. The van der Waals surface area contributed by atoms with E-state index >= 15 is 0 Å². The Kier molecular flexibility index (Phi) is 10.7. The van der Waals surface area contributed by atoms with Crippen LogP contribution in [0.15, 0.2) is 12.2 Å². The molecular formula is C17H30N2O6. The van der Waals surface area contributed by atoms with E-state index in [0.717, 1.165) is 12.8 Å². The molecule has 0 aromatic rings. The third-order valence-corrected chi connectivity index (χ3v) is 4.53. The number of unbranched alkanes of at least 4 members (excludes halogenated alkanes) is 1. The minimum Gasteiger partial charge on any atom is -0.544 e. The number of allylic oxidation sites excluding steroid dienone is 1. The van der Waals surface area contributed by atoms with E-state index in [-0.39, 0.29) is 38.6 Å². The first-order chi connectivity index (χ1) is 11.7. The highest BCUT2D eigenvalue weighted by Crippen LogP contribution is 2.19. The zero-order valence-electron chi connectivity index (χ0n) is 15.2. The standard InChI is InChI=1S/C17H30N2O6/c1-4-5-6-7-8-15(21)18-9-10-19(11-12-20,13(2)16(22)23)14(3)17(24)25/h6-7,13-14,20H,4-5,8-12H2,1-3H3,(H2-,18,21,22,23,24,25)/b7-6+. The molecule has 8 heteroatoms. The summed E-state index contributed by atoms with van der Waals surface area (Å²) in [6.45, 7) is 4.53. The van der Waals surface area contributed by atoms with Crippen LogP contribution in [0.3, 0.4) is 0 Å². The van der Waals surface area contributed by atoms with Crippen molar-refractivity contribution >= 4 is 17.8 Å². The molecule has 0 saturated heterocycles. The number of nitrogens with one attached hydrogen (secondary N) is 1. The molecule has 0 aliphatic carbocycles. The summed E-state index contributed by atoms with van der Waals surface area (Å²) in [7, 11) is 0. The van der Waals surface area contributed by atoms with E-state index in [4.69, 9.17) is 0 Å². The Balaban J connectivity index is 5.02. The van der Waals surface area contributed by atoms with Crippen molar-refractivity contribution < 1.29 is 34.2 Å². The first-order valence-electron chi connectivity index (χ1n) is 8.55. The number of aliphatic hydroxyl groups excluding tert-OH is 1. The fourth-order valence-corrected chi connectivity index (χ4v) is 2.79. The van der Waals surface area contributed by atoms with Crippen molar-refractivity contribution in [3.05, 3.63) is 12.2 Å². The Hall–Kier alpha value is -1.93. The van der Waals surface area contributed by atoms with Crippen LogP contribution in [0.1, 0.15) is 40.0 Å². The number of aliphatic carboxylic acids is 2. The lowest BCUT2D eigenvalue weighted by Crippen LogP contribution is -2.69. The molecule has 0 bridgehead atoms. The highest BCUT2D eigenvalue weighted by Gasteiger charge is 2.43. The van der Waals surface area contributed by atoms with Gasteiger partial charge in [0.05, 0.1) is 25.7 Å². The quantitative estimate of drug-likeness (QED) is 0.294. The Morgan fingerprint density at radius 1 is 1.16 bits per heavy atom. The summed E-state index contributed by atoms with van der Waals surface area (Å²) in [5.41, 5.74) is 0. The summed E-state index contributed by atoms with van der Waals surface area (Å²) in [6, 6.07) is -2.21. The zero-order chi connectivity index (χ0) is 19.5. The number of carboxylic acids is 2. The van der Waals surface area contributed by atoms with Gasteiger partial charge >= 0.3 is 5.97 Å². The van der Waals surface area contributed by atoms with Crippen LogP contribution < -0.4 is 10.4 Å². The Labute approximate surface area is 148 Å². The Morgan fingerprint density at radius 3 is 2.28 bits per heavy atom. The van der Waals surface area contributed by atoms with Crippen LogP contribution in [0.2, 0.25) is 0 Å². The second-order valence-corrected chi connectivity index (χ2v) is 6.10. The van der Waals surface area contributed by atoms with Crippen LogP contribution in [-0.2, 0) is 14.4 Å². The maximum absolute atomic E-state index is 11.8. The third-order valence-electron chi connectivity index (χ3n) is 4.53. The van der Waals surface area contributed by atoms with E-state index in [2.05, 4.69) is 5.32 Å². The molecule has 0 fully saturated rings. The van der Waals surface area contributed by atoms with Crippen LogP contribution >= 0.6 is 0 Å². The molecule has 3 N–H and O–H groups in total. The van der Waals surface area contributed by atoms with Crippen molar-refractivity contribution in [1.82, 2.24) is 5.32 Å². The van der Waals surface area contributed by atoms with E-state index in [1.807, 2.05) is 13.0 Å². The fourth-order valence-electron chi connectivity index (χ4n) is 2.79. The largest absolute Gasteiger partial charge is 0.544 e. The van der Waals surface area contributed by atoms with Crippen LogP contribution in [0.4, 0.5) is 0 Å². The lowest BCUT2D eigenvalue weighted by Gasteiger charge is -2.46. The number of quaternary nitrogens is 1. The molecular weight excluding hydrogens is 328 g/mol. The summed E-state index contributed by atoms with van der Waals surface area (Å²) < 4.78 is -0.403. The zero-order valence-corrected chi connectivity index (χ0v) is 15.2. The van der Waals surface area contributed by atoms with Crippen molar-refractivity contribution in [1.29, 1.82) is 0 Å². The number of rotatable bonds is 13. The summed E-state index contributed by atoms with van der Waals surface area (Å²) >= 11 is 0. The SMILES string of the molecule is CCC/C=C/CC(=O)NCC[N+](CCO)(C(C)C(=O)[O-])C(C)C(=O)O. The monoisotopic (exact) mass is 358 g/mol. The summed E-state index contributed by atoms with van der Waals surface area (Å²) in [5.74, 6) is -2.79. The number of amides is 1. The smallest absolute Gasteiger partial charge is 0.362 e. The molecule has 0 rings (SSSR count). The number of carbonyl (C=O) groups is 3. The average Bonchev–Trinajstić information content (AvgIpc) is 2.56. The van der Waals surface area contributed by atoms with Gasteiger partial charge in [-0.25, -0.2) is 4.79 Å². The van der Waals surface area contributed by atoms with E-state index in [1.54, 1.807) is 6.08 Å². The Bertz CT molecular complexity index is 458. The lowest BCUT2D eigenvalue weighted by molar-refractivity contribution is -0.955. The normalized spacial score (nSPS) is 16.2. The fraction of sp³-hybridized carbons (Fsp3) is 0.706. The number of nitrogens with zero attached hydrogens (tertiary/aromatic N) is 1. The molecule has 8 nitrogen and oxygen atoms in total. The number of carbonyl (C=O) groups excluding carboxylic acids is 2. The maximum Gasteiger partial charge on any atom is 0.362 e. The first kappa shape index (κ1) is 23.1. The number of carboxylic acid groups (broad SMARTS) is 2. The second-order valence-electron chi connectivity index (χ2n) is 6.10. The van der Waals surface area contributed by atoms with Crippen LogP contribution in [0.25, 0.3) is 0 Å². The van der Waals surface area contributed by atoms with Gasteiger partial charge in [-0.1, -0.05) is 25.5 Å². The predicted molar refractivity (Wildman–Crippen MR) is 90.3 cm³/mol. The molecule has 0 heterocycles. The maximum atomic E-state index is 11.8. The van der Waals surface area contributed by atoms with Gasteiger partial charge in [0.25, 0.3) is 0 Å². The number of hydrogen-bond donors (Lipinski definition) is 3. The molecule has 0 aromatic heterocycles. The summed E-state index contributed by atoms with van der Waals surface area (Å²) in [4.78, 5) is 34.6. The number of hydrogen-bond acceptors (Lipinski definition) is 5. The van der Waals surface area contributed by atoms with Gasteiger partial charge in [0.2, 0.25) is 5.91 Å². The Morgan fingerprint density at radius 2 is 1.80 bits per heavy atom. The highest BCUT2D eigenvalue weighted by atomic mass is 16.4. The van der Waals surface area contributed by atoms with Crippen molar-refractivity contribution in [3.8, 4) is 0 Å². The van der Waals surface area contributed by atoms with Gasteiger partial charge in [0.1, 0.15) is 12.6 Å². The minimum absolute atomic E-state index is 0.0606. The molecule has 3 unspecified atom stereocenters. The second kappa shape index (κ2) is 11.6. The number of aliphatic hydroxyl groups is 1. The first-order valence-corrected chi connectivity index (χ1v) is 8.55. The molecule has 25 heavy (non-hydrogen) atoms. The van der Waals surface area contributed by atoms with Gasteiger partial charge in [-0.3, -0.25) is 4.79 Å². The average molecular weight is 358 g/mol. The van der Waals surface area contributed by atoms with Gasteiger partial charge in [-0.2, -0.15) is 0 Å². The van der Waals surface area contributed by atoms with E-state index in [9.17, 15) is 29.7 Å². The molecule has 0 aliphatic heterocycles. The molecule has 0 spiro atoms. The van der Waals surface area contributed by atoms with Crippen molar-refractivity contribution in [2.45, 2.75) is 52.1 Å². The molecule has 1 amide bonds. The van der Waals surface area contributed by atoms with Gasteiger partial charge in [0.15, 0.2) is 6.04 Å². The highest BCUT2D eigenvalue weighted by molar-refractivity contribution is 5.77. The topological polar surface area (TPSA) is 127 Å². The molecule has 0 aliphatic rings. The van der Waals surface area contributed by atoms with E-state index in [0.29, 0.717) is 0 Å². The van der Waals surface area contributed by atoms with Gasteiger partial charge in [-0.05, 0) is 20.3 Å². The molecule has 0 aromatic carbocycles. The van der Waals surface area contributed by atoms with Gasteiger partial charge in [-0.15, -0.1) is 0 Å². The van der Waals surface area contributed by atoms with Crippen molar-refractivity contribution in [2.75, 3.05) is 26.2 Å². The third kappa shape index (κ3) is 7.23.